The van der Waals surface area contributed by atoms with Gasteiger partial charge in [-0.1, -0.05) is 18.2 Å². The lowest BCUT2D eigenvalue weighted by Gasteiger charge is -2.19. The van der Waals surface area contributed by atoms with Crippen LogP contribution in [-0.2, 0) is 11.1 Å². The Morgan fingerprint density at radius 1 is 1.46 bits per heavy atom. The molecule has 0 aliphatic heterocycles. The third-order valence-corrected chi connectivity index (χ3v) is 2.71. The van der Waals surface area contributed by atoms with Crippen molar-refractivity contribution in [3.63, 3.8) is 0 Å². The molecule has 0 aliphatic rings. The Morgan fingerprint density at radius 3 is 2.54 bits per heavy atom. The molecule has 0 aliphatic carbocycles. The highest BCUT2D eigenvalue weighted by atomic mass is 35.5. The molecule has 1 aromatic rings. The van der Waals surface area contributed by atoms with Crippen molar-refractivity contribution in [2.75, 3.05) is 11.2 Å². The number of alkyl halides is 1. The summed E-state index contributed by atoms with van der Waals surface area (Å²) in [5.41, 5.74) is 0.748. The van der Waals surface area contributed by atoms with Crippen molar-refractivity contribution in [1.29, 1.82) is 0 Å². The molecule has 0 amide bonds. The highest BCUT2D eigenvalue weighted by Crippen LogP contribution is 2.08. The highest BCUT2D eigenvalue weighted by Gasteiger charge is 2.05. The Balaban J connectivity index is 2.62. The first kappa shape index (κ1) is 10.5. The lowest BCUT2D eigenvalue weighted by atomic mass is 10.3. The van der Waals surface area contributed by atoms with Crippen LogP contribution in [0, 0.1) is 0 Å². The van der Waals surface area contributed by atoms with Gasteiger partial charge in [0.05, 0.1) is 5.88 Å². The molecule has 0 spiro atoms. The van der Waals surface area contributed by atoms with Crippen LogP contribution in [0.15, 0.2) is 30.3 Å². The molecule has 3 nitrogen and oxygen atoms in total. The van der Waals surface area contributed by atoms with Gasteiger partial charge in [-0.05, 0) is 23.2 Å². The van der Waals surface area contributed by atoms with Crippen molar-refractivity contribution in [2.24, 2.45) is 0 Å². The smallest absolute Gasteiger partial charge is 0.103 e. The Labute approximate surface area is 84.4 Å². The van der Waals surface area contributed by atoms with E-state index in [9.17, 15) is 8.76 Å². The van der Waals surface area contributed by atoms with Gasteiger partial charge in [0.2, 0.25) is 0 Å². The van der Waals surface area contributed by atoms with Gasteiger partial charge in [-0.2, -0.15) is 0 Å². The predicted molar refractivity (Wildman–Crippen MR) is 53.5 cm³/mol. The van der Waals surface area contributed by atoms with Crippen molar-refractivity contribution in [2.45, 2.75) is 5.37 Å². The van der Waals surface area contributed by atoms with E-state index in [4.69, 9.17) is 11.6 Å². The van der Waals surface area contributed by atoms with E-state index in [1.54, 1.807) is 12.1 Å². The standard InChI is InChI=1S/C8H10ClNO2S/c9-6-8(13(11)12)10-7-4-2-1-3-5-7/h1-5,8,10H,6H2,(H,11,12)/p-1. The maximum Gasteiger partial charge on any atom is 0.103 e. The number of benzene rings is 1. The molecular weight excluding hydrogens is 210 g/mol. The molecule has 1 N–H and O–H groups in total. The van der Waals surface area contributed by atoms with E-state index in [1.165, 1.54) is 0 Å². The van der Waals surface area contributed by atoms with Crippen molar-refractivity contribution >= 4 is 28.4 Å². The molecule has 5 heteroatoms. The van der Waals surface area contributed by atoms with Crippen LogP contribution < -0.4 is 5.32 Å². The molecule has 1 aromatic carbocycles. The summed E-state index contributed by atoms with van der Waals surface area (Å²) in [6.07, 6.45) is 0. The number of nitrogens with one attached hydrogen (secondary N) is 1. The van der Waals surface area contributed by atoms with Gasteiger partial charge in [0.1, 0.15) is 5.37 Å². The normalized spacial score (nSPS) is 14.9. The first-order valence-electron chi connectivity index (χ1n) is 3.69. The van der Waals surface area contributed by atoms with Gasteiger partial charge in [-0.25, -0.2) is 0 Å². The number of para-hydroxylation sites is 1. The maximum absolute atomic E-state index is 10.6. The zero-order valence-corrected chi connectivity index (χ0v) is 8.35. The SMILES string of the molecule is O=S([O-])C(CCl)Nc1ccccc1. The quantitative estimate of drug-likeness (QED) is 0.616. The summed E-state index contributed by atoms with van der Waals surface area (Å²) in [5, 5.41) is 2.05. The second-order valence-corrected chi connectivity index (χ2v) is 3.81. The third-order valence-electron chi connectivity index (χ3n) is 1.47. The summed E-state index contributed by atoms with van der Waals surface area (Å²) in [6.45, 7) is 0. The molecule has 0 radical (unpaired) electrons. The fraction of sp³-hybridized carbons (Fsp3) is 0.250. The Bertz CT molecular complexity index is 281. The maximum atomic E-state index is 10.6. The second-order valence-electron chi connectivity index (χ2n) is 2.41. The second kappa shape index (κ2) is 5.21. The van der Waals surface area contributed by atoms with E-state index in [-0.39, 0.29) is 5.88 Å². The molecule has 0 saturated carbocycles. The zero-order chi connectivity index (χ0) is 9.68. The van der Waals surface area contributed by atoms with Crippen LogP contribution in [-0.4, -0.2) is 20.0 Å². The minimum Gasteiger partial charge on any atom is -0.771 e. The molecule has 13 heavy (non-hydrogen) atoms. The molecule has 0 bridgehead atoms. The van der Waals surface area contributed by atoms with Crippen molar-refractivity contribution < 1.29 is 8.76 Å². The van der Waals surface area contributed by atoms with Crippen LogP contribution in [0.2, 0.25) is 0 Å². The predicted octanol–water partition coefficient (Wildman–Crippen LogP) is 1.54. The van der Waals surface area contributed by atoms with Gasteiger partial charge >= 0.3 is 0 Å². The van der Waals surface area contributed by atoms with E-state index in [2.05, 4.69) is 5.32 Å². The first-order valence-corrected chi connectivity index (χ1v) is 5.37. The van der Waals surface area contributed by atoms with Gasteiger partial charge in [0, 0.05) is 5.69 Å². The van der Waals surface area contributed by atoms with Gasteiger partial charge in [0.15, 0.2) is 0 Å². The van der Waals surface area contributed by atoms with Crippen LogP contribution in [0.5, 0.6) is 0 Å². The number of rotatable bonds is 4. The van der Waals surface area contributed by atoms with E-state index in [0.29, 0.717) is 0 Å². The van der Waals surface area contributed by atoms with Gasteiger partial charge < -0.3 is 9.87 Å². The number of hydrogen-bond acceptors (Lipinski definition) is 3. The van der Waals surface area contributed by atoms with E-state index in [0.717, 1.165) is 5.69 Å². The van der Waals surface area contributed by atoms with Gasteiger partial charge in [-0.3, -0.25) is 4.21 Å². The highest BCUT2D eigenvalue weighted by molar-refractivity contribution is 7.80. The number of halogens is 1. The minimum atomic E-state index is -2.20. The largest absolute Gasteiger partial charge is 0.771 e. The van der Waals surface area contributed by atoms with Gasteiger partial charge in [0.25, 0.3) is 0 Å². The minimum absolute atomic E-state index is 0.0327. The average molecular weight is 219 g/mol. The number of hydrogen-bond donors (Lipinski definition) is 1. The van der Waals surface area contributed by atoms with E-state index < -0.39 is 16.5 Å². The Morgan fingerprint density at radius 2 is 2.08 bits per heavy atom. The molecule has 0 fully saturated rings. The topological polar surface area (TPSA) is 52.2 Å². The molecule has 2 atom stereocenters. The summed E-state index contributed by atoms with van der Waals surface area (Å²) in [7, 11) is 0. The summed E-state index contributed by atoms with van der Waals surface area (Å²) in [5.74, 6) is 0.0327. The zero-order valence-electron chi connectivity index (χ0n) is 6.77. The fourth-order valence-corrected chi connectivity index (χ4v) is 1.58. The molecule has 0 heterocycles. The van der Waals surface area contributed by atoms with Crippen LogP contribution in [0.1, 0.15) is 0 Å². The monoisotopic (exact) mass is 218 g/mol. The third kappa shape index (κ3) is 3.34. The molecule has 0 saturated heterocycles. The van der Waals surface area contributed by atoms with Crippen LogP contribution in [0.3, 0.4) is 0 Å². The van der Waals surface area contributed by atoms with Crippen LogP contribution >= 0.6 is 11.6 Å². The van der Waals surface area contributed by atoms with Crippen LogP contribution in [0.4, 0.5) is 5.69 Å². The molecule has 72 valence electrons. The number of anilines is 1. The summed E-state index contributed by atoms with van der Waals surface area (Å²) in [4.78, 5) is 0. The first-order chi connectivity index (χ1) is 6.24. The van der Waals surface area contributed by atoms with Crippen molar-refractivity contribution in [3.8, 4) is 0 Å². The molecular formula is C8H9ClNO2S-. The molecule has 0 aromatic heterocycles. The Hall–Kier alpha value is -0.580. The van der Waals surface area contributed by atoms with Crippen molar-refractivity contribution in [3.05, 3.63) is 30.3 Å². The summed E-state index contributed by atoms with van der Waals surface area (Å²) >= 11 is 3.26. The lowest BCUT2D eigenvalue weighted by Crippen LogP contribution is -2.26. The van der Waals surface area contributed by atoms with E-state index >= 15 is 0 Å². The Kier molecular flexibility index (Phi) is 4.21. The molecule has 1 rings (SSSR count). The summed E-state index contributed by atoms with van der Waals surface area (Å²) < 4.78 is 21.2. The van der Waals surface area contributed by atoms with Crippen molar-refractivity contribution in [1.82, 2.24) is 0 Å². The lowest BCUT2D eigenvalue weighted by molar-refractivity contribution is 0.530. The van der Waals surface area contributed by atoms with E-state index in [1.807, 2.05) is 18.2 Å². The van der Waals surface area contributed by atoms with Gasteiger partial charge in [-0.15, -0.1) is 11.6 Å². The summed E-state index contributed by atoms with van der Waals surface area (Å²) in [6, 6.07) is 9.07. The average Bonchev–Trinajstić information content (AvgIpc) is 2.15. The fourth-order valence-electron chi connectivity index (χ4n) is 0.858. The molecule has 2 unspecified atom stereocenters. The van der Waals surface area contributed by atoms with Crippen LogP contribution in [0.25, 0.3) is 0 Å².